The van der Waals surface area contributed by atoms with Gasteiger partial charge in [-0.25, -0.2) is 0 Å². The molecule has 0 aliphatic heterocycles. The smallest absolute Gasteiger partial charge is 0.0480 e. The van der Waals surface area contributed by atoms with Crippen LogP contribution in [-0.2, 0) is 11.8 Å². The molecule has 0 saturated carbocycles. The van der Waals surface area contributed by atoms with Gasteiger partial charge in [-0.1, -0.05) is 24.4 Å². The summed E-state index contributed by atoms with van der Waals surface area (Å²) in [6.07, 6.45) is 0. The molecule has 0 N–H and O–H groups in total. The van der Waals surface area contributed by atoms with Crippen molar-refractivity contribution in [1.29, 1.82) is 0 Å². The Kier molecular flexibility index (Phi) is 4.96. The van der Waals surface area contributed by atoms with E-state index in [0.717, 1.165) is 22.3 Å². The third kappa shape index (κ3) is 2.51. The number of benzene rings is 1. The van der Waals surface area contributed by atoms with Gasteiger partial charge in [-0.05, 0) is 34.4 Å². The van der Waals surface area contributed by atoms with Gasteiger partial charge in [0, 0.05) is 22.5 Å². The first-order chi connectivity index (χ1) is 6.76. The van der Waals surface area contributed by atoms with Crippen LogP contribution < -0.4 is 0 Å². The first kappa shape index (κ1) is 12.1. The first-order valence-corrected chi connectivity index (χ1v) is 5.96. The van der Waals surface area contributed by atoms with Crippen molar-refractivity contribution in [3.05, 3.63) is 34.4 Å². The van der Waals surface area contributed by atoms with E-state index in [0.29, 0.717) is 11.8 Å². The van der Waals surface area contributed by atoms with Gasteiger partial charge in [-0.2, -0.15) is 0 Å². The zero-order valence-electron chi connectivity index (χ0n) is 7.30. The highest BCUT2D eigenvalue weighted by Gasteiger charge is 2.05. The van der Waals surface area contributed by atoms with Crippen LogP contribution in [0.4, 0.5) is 0 Å². The standard InChI is InChI=1S/C10H8Cl2S2/c11-3-7-1-9(5-13)8(4-12)2-10(7)6-14/h1-2,5-6H,3-4H2. The van der Waals surface area contributed by atoms with Crippen LogP contribution in [0.5, 0.6) is 0 Å². The fraction of sp³-hybridized carbons (Fsp3) is 0.200. The van der Waals surface area contributed by atoms with Gasteiger partial charge in [0.2, 0.25) is 0 Å². The molecule has 1 rings (SSSR count). The summed E-state index contributed by atoms with van der Waals surface area (Å²) < 4.78 is 0. The van der Waals surface area contributed by atoms with E-state index in [9.17, 15) is 0 Å². The Hall–Kier alpha value is -0.0200. The van der Waals surface area contributed by atoms with Crippen molar-refractivity contribution in [2.45, 2.75) is 11.8 Å². The van der Waals surface area contributed by atoms with E-state index < -0.39 is 0 Å². The number of thiocarbonyl (C=S) groups is 2. The van der Waals surface area contributed by atoms with E-state index in [1.54, 1.807) is 10.7 Å². The summed E-state index contributed by atoms with van der Waals surface area (Å²) >= 11 is 21.4. The van der Waals surface area contributed by atoms with Crippen molar-refractivity contribution in [1.82, 2.24) is 0 Å². The molecule has 74 valence electrons. The zero-order valence-corrected chi connectivity index (χ0v) is 10.4. The van der Waals surface area contributed by atoms with E-state index >= 15 is 0 Å². The summed E-state index contributed by atoms with van der Waals surface area (Å²) in [5, 5.41) is 3.22. The molecule has 0 aliphatic rings. The molecule has 0 fully saturated rings. The van der Waals surface area contributed by atoms with E-state index in [4.69, 9.17) is 47.6 Å². The maximum Gasteiger partial charge on any atom is 0.0480 e. The number of hydrogen-bond acceptors (Lipinski definition) is 2. The molecule has 14 heavy (non-hydrogen) atoms. The maximum absolute atomic E-state index is 5.79. The van der Waals surface area contributed by atoms with E-state index in [2.05, 4.69) is 0 Å². The molecule has 0 atom stereocenters. The Labute approximate surface area is 104 Å². The SMILES string of the molecule is S=Cc1cc(CCl)c(C=S)cc1CCl. The molecule has 1 aromatic carbocycles. The second-order valence-electron chi connectivity index (χ2n) is 2.75. The predicted octanol–water partition coefficient (Wildman–Crippen LogP) is 3.86. The number of rotatable bonds is 4. The van der Waals surface area contributed by atoms with Crippen LogP contribution in [0.1, 0.15) is 22.3 Å². The van der Waals surface area contributed by atoms with Crippen molar-refractivity contribution >= 4 is 58.4 Å². The summed E-state index contributed by atoms with van der Waals surface area (Å²) in [5.74, 6) is 0.864. The second kappa shape index (κ2) is 5.76. The van der Waals surface area contributed by atoms with Gasteiger partial charge < -0.3 is 0 Å². The van der Waals surface area contributed by atoms with Crippen molar-refractivity contribution in [3.63, 3.8) is 0 Å². The molecular weight excluding hydrogens is 255 g/mol. The molecular formula is C10H8Cl2S2. The maximum atomic E-state index is 5.79. The summed E-state index contributed by atoms with van der Waals surface area (Å²) in [5.41, 5.74) is 3.88. The Morgan fingerprint density at radius 3 is 1.50 bits per heavy atom. The molecule has 0 bridgehead atoms. The topological polar surface area (TPSA) is 0 Å². The monoisotopic (exact) mass is 262 g/mol. The number of hydrogen-bond donors (Lipinski definition) is 0. The van der Waals surface area contributed by atoms with Gasteiger partial charge in [-0.15, -0.1) is 23.2 Å². The van der Waals surface area contributed by atoms with Crippen LogP contribution in [0.25, 0.3) is 0 Å². The molecule has 1 aromatic rings. The third-order valence-corrected chi connectivity index (χ3v) is 3.03. The highest BCUT2D eigenvalue weighted by molar-refractivity contribution is 7.79. The minimum atomic E-state index is 0.432. The quantitative estimate of drug-likeness (QED) is 0.597. The minimum Gasteiger partial charge on any atom is -0.122 e. The van der Waals surface area contributed by atoms with Gasteiger partial charge in [0.05, 0.1) is 0 Å². The average molecular weight is 263 g/mol. The molecule has 0 unspecified atom stereocenters. The molecule has 0 aliphatic carbocycles. The molecule has 0 saturated heterocycles. The second-order valence-corrected chi connectivity index (χ2v) is 3.76. The number of halogens is 2. The lowest BCUT2D eigenvalue weighted by Crippen LogP contribution is -1.97. The van der Waals surface area contributed by atoms with Crippen molar-refractivity contribution < 1.29 is 0 Å². The Balaban J connectivity index is 3.34. The van der Waals surface area contributed by atoms with Gasteiger partial charge in [0.25, 0.3) is 0 Å². The minimum absolute atomic E-state index is 0.432. The lowest BCUT2D eigenvalue weighted by Gasteiger charge is -2.07. The van der Waals surface area contributed by atoms with E-state index in [1.807, 2.05) is 12.1 Å². The number of alkyl halides is 2. The van der Waals surface area contributed by atoms with Crippen LogP contribution >= 0.6 is 47.6 Å². The van der Waals surface area contributed by atoms with Crippen LogP contribution in [0.15, 0.2) is 12.1 Å². The summed E-state index contributed by atoms with van der Waals surface area (Å²) in [6.45, 7) is 0. The molecule has 0 aromatic heterocycles. The molecule has 0 amide bonds. The first-order valence-electron chi connectivity index (χ1n) is 3.95. The summed E-state index contributed by atoms with van der Waals surface area (Å²) in [6, 6.07) is 3.88. The lowest BCUT2D eigenvalue weighted by molar-refractivity contribution is 1.31. The van der Waals surface area contributed by atoms with Crippen molar-refractivity contribution in [2.24, 2.45) is 0 Å². The van der Waals surface area contributed by atoms with E-state index in [-0.39, 0.29) is 0 Å². The van der Waals surface area contributed by atoms with E-state index in [1.165, 1.54) is 0 Å². The van der Waals surface area contributed by atoms with Crippen LogP contribution in [-0.4, -0.2) is 10.7 Å². The fourth-order valence-corrected chi connectivity index (χ4v) is 2.08. The normalized spacial score (nSPS) is 9.86. The third-order valence-electron chi connectivity index (χ3n) is 1.94. The Bertz CT molecular complexity index is 326. The van der Waals surface area contributed by atoms with Gasteiger partial charge in [0.15, 0.2) is 0 Å². The van der Waals surface area contributed by atoms with Gasteiger partial charge >= 0.3 is 0 Å². The van der Waals surface area contributed by atoms with Gasteiger partial charge in [-0.3, -0.25) is 0 Å². The zero-order chi connectivity index (χ0) is 10.6. The Morgan fingerprint density at radius 1 is 0.929 bits per heavy atom. The predicted molar refractivity (Wildman–Crippen MR) is 71.1 cm³/mol. The molecule has 0 spiro atoms. The molecule has 0 heterocycles. The van der Waals surface area contributed by atoms with Crippen LogP contribution in [0.3, 0.4) is 0 Å². The van der Waals surface area contributed by atoms with Crippen molar-refractivity contribution in [2.75, 3.05) is 0 Å². The van der Waals surface area contributed by atoms with Gasteiger partial charge in [0.1, 0.15) is 0 Å². The molecule has 0 nitrogen and oxygen atoms in total. The van der Waals surface area contributed by atoms with Crippen LogP contribution in [0.2, 0.25) is 0 Å². The van der Waals surface area contributed by atoms with Crippen molar-refractivity contribution in [3.8, 4) is 0 Å². The lowest BCUT2D eigenvalue weighted by atomic mass is 10.0. The fourth-order valence-electron chi connectivity index (χ4n) is 1.18. The average Bonchev–Trinajstić information content (AvgIpc) is 2.26. The largest absolute Gasteiger partial charge is 0.122 e. The molecule has 4 heteroatoms. The summed E-state index contributed by atoms with van der Waals surface area (Å²) in [4.78, 5) is 0. The Morgan fingerprint density at radius 2 is 1.29 bits per heavy atom. The highest BCUT2D eigenvalue weighted by Crippen LogP contribution is 2.18. The molecule has 0 radical (unpaired) electrons. The summed E-state index contributed by atoms with van der Waals surface area (Å²) in [7, 11) is 0. The highest BCUT2D eigenvalue weighted by atomic mass is 35.5. The van der Waals surface area contributed by atoms with Crippen LogP contribution in [0, 0.1) is 0 Å².